The van der Waals surface area contributed by atoms with E-state index in [0.717, 1.165) is 15.4 Å². The van der Waals surface area contributed by atoms with Gasteiger partial charge in [0.15, 0.2) is 0 Å². The van der Waals surface area contributed by atoms with Gasteiger partial charge in [0.25, 0.3) is 10.2 Å². The molecule has 1 amide bonds. The average molecular weight is 383 g/mol. The van der Waals surface area contributed by atoms with Gasteiger partial charge in [-0.3, -0.25) is 9.59 Å². The molecule has 1 fully saturated rings. The summed E-state index contributed by atoms with van der Waals surface area (Å²) in [4.78, 5) is 23.1. The molecule has 26 heavy (non-hydrogen) atoms. The Morgan fingerprint density at radius 1 is 1.31 bits per heavy atom. The van der Waals surface area contributed by atoms with Crippen LogP contribution in [0.5, 0.6) is 0 Å². The van der Waals surface area contributed by atoms with Crippen molar-refractivity contribution in [3.63, 3.8) is 0 Å². The molecule has 1 saturated heterocycles. The van der Waals surface area contributed by atoms with Crippen LogP contribution in [0.15, 0.2) is 18.2 Å². The molecule has 0 radical (unpaired) electrons. The SMILES string of the molecule is Cc1ccc(NC(=O)CCNS(=O)(=O)N2CCC[C@H](C(=O)O)C2)c(C)c1. The van der Waals surface area contributed by atoms with Crippen molar-refractivity contribution >= 4 is 27.8 Å². The van der Waals surface area contributed by atoms with Crippen LogP contribution >= 0.6 is 0 Å². The summed E-state index contributed by atoms with van der Waals surface area (Å²) in [6, 6.07) is 5.65. The first kappa shape index (κ1) is 20.3. The molecule has 9 heteroatoms. The molecule has 0 spiro atoms. The van der Waals surface area contributed by atoms with Crippen molar-refractivity contribution in [1.82, 2.24) is 9.03 Å². The maximum atomic E-state index is 12.3. The van der Waals surface area contributed by atoms with E-state index in [-0.39, 0.29) is 32.0 Å². The highest BCUT2D eigenvalue weighted by atomic mass is 32.2. The number of rotatable bonds is 7. The van der Waals surface area contributed by atoms with Gasteiger partial charge >= 0.3 is 5.97 Å². The minimum absolute atomic E-state index is 0.0112. The Kier molecular flexibility index (Phi) is 6.74. The number of piperidine rings is 1. The number of aliphatic carboxylic acids is 1. The summed E-state index contributed by atoms with van der Waals surface area (Å²) < 4.78 is 28.1. The van der Waals surface area contributed by atoms with Gasteiger partial charge in [0.05, 0.1) is 5.92 Å². The van der Waals surface area contributed by atoms with Crippen LogP contribution in [0, 0.1) is 19.8 Å². The average Bonchev–Trinajstić information content (AvgIpc) is 2.57. The number of aryl methyl sites for hydroxylation is 2. The zero-order chi connectivity index (χ0) is 19.3. The predicted molar refractivity (Wildman–Crippen MR) is 98.0 cm³/mol. The second-order valence-electron chi connectivity index (χ2n) is 6.55. The maximum absolute atomic E-state index is 12.3. The van der Waals surface area contributed by atoms with Gasteiger partial charge in [-0.25, -0.2) is 4.72 Å². The second kappa shape index (κ2) is 8.61. The lowest BCUT2D eigenvalue weighted by Gasteiger charge is -2.29. The van der Waals surface area contributed by atoms with Crippen molar-refractivity contribution < 1.29 is 23.1 Å². The number of nitrogens with zero attached hydrogens (tertiary/aromatic N) is 1. The van der Waals surface area contributed by atoms with E-state index < -0.39 is 22.1 Å². The Morgan fingerprint density at radius 3 is 2.69 bits per heavy atom. The van der Waals surface area contributed by atoms with E-state index in [2.05, 4.69) is 10.0 Å². The lowest BCUT2D eigenvalue weighted by Crippen LogP contribution is -2.47. The van der Waals surface area contributed by atoms with Crippen LogP contribution < -0.4 is 10.0 Å². The van der Waals surface area contributed by atoms with Crippen LogP contribution in [-0.4, -0.2) is 49.3 Å². The Morgan fingerprint density at radius 2 is 2.04 bits per heavy atom. The molecular formula is C17H25N3O5S. The quantitative estimate of drug-likeness (QED) is 0.656. The molecule has 1 aliphatic rings. The largest absolute Gasteiger partial charge is 0.481 e. The standard InChI is InChI=1S/C17H25N3O5S/c1-12-5-6-15(13(2)10-12)19-16(21)7-8-18-26(24,25)20-9-3-4-14(11-20)17(22)23/h5-6,10,14,18H,3-4,7-9,11H2,1-2H3,(H,19,21)(H,22,23)/t14-/m0/s1. The van der Waals surface area contributed by atoms with Gasteiger partial charge in [-0.15, -0.1) is 0 Å². The van der Waals surface area contributed by atoms with Crippen LogP contribution in [-0.2, 0) is 19.8 Å². The molecule has 8 nitrogen and oxygen atoms in total. The first-order valence-electron chi connectivity index (χ1n) is 8.53. The first-order chi connectivity index (χ1) is 12.2. The smallest absolute Gasteiger partial charge is 0.307 e. The van der Waals surface area contributed by atoms with Crippen molar-refractivity contribution in [1.29, 1.82) is 0 Å². The summed E-state index contributed by atoms with van der Waals surface area (Å²) in [5.41, 5.74) is 2.73. The monoisotopic (exact) mass is 383 g/mol. The molecule has 1 heterocycles. The lowest BCUT2D eigenvalue weighted by molar-refractivity contribution is -0.142. The predicted octanol–water partition coefficient (Wildman–Crippen LogP) is 1.26. The number of carbonyl (C=O) groups excluding carboxylic acids is 1. The molecule has 2 rings (SSSR count). The van der Waals surface area contributed by atoms with E-state index >= 15 is 0 Å². The van der Waals surface area contributed by atoms with Gasteiger partial charge in [0.1, 0.15) is 0 Å². The number of hydrogen-bond acceptors (Lipinski definition) is 4. The molecule has 1 aliphatic heterocycles. The van der Waals surface area contributed by atoms with Crippen molar-refractivity contribution in [3.8, 4) is 0 Å². The van der Waals surface area contributed by atoms with Gasteiger partial charge in [0, 0.05) is 31.7 Å². The van der Waals surface area contributed by atoms with Gasteiger partial charge < -0.3 is 10.4 Å². The molecule has 1 aromatic rings. The molecule has 144 valence electrons. The van der Waals surface area contributed by atoms with E-state index in [1.807, 2.05) is 32.0 Å². The number of carboxylic acid groups (broad SMARTS) is 1. The lowest BCUT2D eigenvalue weighted by atomic mass is 10.0. The number of carboxylic acids is 1. The summed E-state index contributed by atoms with van der Waals surface area (Å²) >= 11 is 0. The highest BCUT2D eigenvalue weighted by molar-refractivity contribution is 7.87. The van der Waals surface area contributed by atoms with Crippen LogP contribution in [0.4, 0.5) is 5.69 Å². The second-order valence-corrected chi connectivity index (χ2v) is 8.31. The molecule has 0 aromatic heterocycles. The zero-order valence-corrected chi connectivity index (χ0v) is 15.8. The Bertz CT molecular complexity index is 779. The van der Waals surface area contributed by atoms with Crippen LogP contribution in [0.2, 0.25) is 0 Å². The number of anilines is 1. The number of nitrogens with one attached hydrogen (secondary N) is 2. The third kappa shape index (κ3) is 5.52. The molecule has 3 N–H and O–H groups in total. The van der Waals surface area contributed by atoms with Crippen LogP contribution in [0.1, 0.15) is 30.4 Å². The molecule has 0 bridgehead atoms. The minimum Gasteiger partial charge on any atom is -0.481 e. The topological polar surface area (TPSA) is 116 Å². The maximum Gasteiger partial charge on any atom is 0.307 e. The Balaban J connectivity index is 1.84. The summed E-state index contributed by atoms with van der Waals surface area (Å²) in [5.74, 6) is -1.97. The fourth-order valence-electron chi connectivity index (χ4n) is 2.91. The first-order valence-corrected chi connectivity index (χ1v) is 9.97. The van der Waals surface area contributed by atoms with Gasteiger partial charge in [0.2, 0.25) is 5.91 Å². The molecule has 0 aliphatic carbocycles. The van der Waals surface area contributed by atoms with Gasteiger partial charge in [-0.05, 0) is 38.3 Å². The molecule has 1 atom stereocenters. The summed E-state index contributed by atoms with van der Waals surface area (Å²) in [6.45, 7) is 4.05. The summed E-state index contributed by atoms with van der Waals surface area (Å²) in [5, 5.41) is 11.8. The number of carbonyl (C=O) groups is 2. The molecular weight excluding hydrogens is 358 g/mol. The van der Waals surface area contributed by atoms with Crippen molar-refractivity contribution in [2.75, 3.05) is 25.0 Å². The fraction of sp³-hybridized carbons (Fsp3) is 0.529. The highest BCUT2D eigenvalue weighted by Gasteiger charge is 2.31. The van der Waals surface area contributed by atoms with Crippen LogP contribution in [0.3, 0.4) is 0 Å². The third-order valence-corrected chi connectivity index (χ3v) is 5.95. The van der Waals surface area contributed by atoms with E-state index in [0.29, 0.717) is 18.5 Å². The molecule has 1 aromatic carbocycles. The number of hydrogen-bond donors (Lipinski definition) is 3. The Hall–Kier alpha value is -1.97. The zero-order valence-electron chi connectivity index (χ0n) is 15.0. The van der Waals surface area contributed by atoms with Crippen molar-refractivity contribution in [2.45, 2.75) is 33.1 Å². The highest BCUT2D eigenvalue weighted by Crippen LogP contribution is 2.19. The summed E-state index contributed by atoms with van der Waals surface area (Å²) in [7, 11) is -3.79. The third-order valence-electron chi connectivity index (χ3n) is 4.37. The molecule has 0 unspecified atom stereocenters. The van der Waals surface area contributed by atoms with Crippen molar-refractivity contribution in [3.05, 3.63) is 29.3 Å². The Labute approximate surface area is 153 Å². The summed E-state index contributed by atoms with van der Waals surface area (Å²) in [6.07, 6.45) is 0.966. The number of benzene rings is 1. The van der Waals surface area contributed by atoms with Crippen molar-refractivity contribution in [2.24, 2.45) is 5.92 Å². The van der Waals surface area contributed by atoms with E-state index in [4.69, 9.17) is 5.11 Å². The van der Waals surface area contributed by atoms with E-state index in [1.165, 1.54) is 0 Å². The fourth-order valence-corrected chi connectivity index (χ4v) is 4.20. The van der Waals surface area contributed by atoms with E-state index in [1.54, 1.807) is 0 Å². The van der Waals surface area contributed by atoms with E-state index in [9.17, 15) is 18.0 Å². The normalized spacial score (nSPS) is 18.5. The van der Waals surface area contributed by atoms with Gasteiger partial charge in [-0.1, -0.05) is 17.7 Å². The van der Waals surface area contributed by atoms with Crippen LogP contribution in [0.25, 0.3) is 0 Å². The number of amides is 1. The van der Waals surface area contributed by atoms with Gasteiger partial charge in [-0.2, -0.15) is 12.7 Å². The minimum atomic E-state index is -3.79. The molecule has 0 saturated carbocycles.